The van der Waals surface area contributed by atoms with Gasteiger partial charge in [-0.2, -0.15) is 5.10 Å². The molecule has 2 atom stereocenters. The van der Waals surface area contributed by atoms with E-state index in [9.17, 15) is 0 Å². The standard InChI is InChI=1S/C25H27N9/c1-15-25(33-13-17(4-6-24(33)28-15)19-5-3-16(19)11-26-2)34-14-23(30-31-34)20-9-18(32-7-8-32)10-22-21(20)12-27-29-22/h4,6,9-10,12-14,16,19,26H,3,5,7-8,11H2,1-2H3,(H,27,29). The quantitative estimate of drug-likeness (QED) is 0.383. The Labute approximate surface area is 196 Å². The fourth-order valence-electron chi connectivity index (χ4n) is 5.41. The number of hydrogen-bond donors (Lipinski definition) is 2. The second-order valence-electron chi connectivity index (χ2n) is 9.57. The van der Waals surface area contributed by atoms with E-state index in [1.165, 1.54) is 24.1 Å². The Balaban J connectivity index is 1.31. The van der Waals surface area contributed by atoms with Gasteiger partial charge in [-0.1, -0.05) is 11.3 Å². The van der Waals surface area contributed by atoms with Crippen LogP contribution in [0.5, 0.6) is 0 Å². The molecule has 0 amide bonds. The SMILES string of the molecule is CNCC1CCC1c1ccc2nc(C)c(-n3cc(-c4cc(N5CC5)cc5[nH]ncc45)nn3)n2c1. The molecule has 2 unspecified atom stereocenters. The van der Waals surface area contributed by atoms with Crippen molar-refractivity contribution in [3.05, 3.63) is 54.1 Å². The van der Waals surface area contributed by atoms with Crippen molar-refractivity contribution < 1.29 is 0 Å². The maximum Gasteiger partial charge on any atom is 0.163 e. The first-order chi connectivity index (χ1) is 16.7. The number of imidazole rings is 1. The minimum absolute atomic E-state index is 0.591. The molecule has 172 valence electrons. The molecule has 34 heavy (non-hydrogen) atoms. The van der Waals surface area contributed by atoms with E-state index in [4.69, 9.17) is 4.98 Å². The van der Waals surface area contributed by atoms with Gasteiger partial charge in [0.05, 0.1) is 23.6 Å². The van der Waals surface area contributed by atoms with Crippen LogP contribution < -0.4 is 10.2 Å². The lowest BCUT2D eigenvalue weighted by atomic mass is 9.70. The van der Waals surface area contributed by atoms with Gasteiger partial charge in [0.2, 0.25) is 0 Å². The molecule has 1 saturated heterocycles. The lowest BCUT2D eigenvalue weighted by Gasteiger charge is -2.37. The molecular weight excluding hydrogens is 426 g/mol. The molecule has 1 saturated carbocycles. The number of anilines is 1. The number of rotatable bonds is 6. The van der Waals surface area contributed by atoms with Crippen molar-refractivity contribution in [3.63, 3.8) is 0 Å². The highest BCUT2D eigenvalue weighted by atomic mass is 15.5. The van der Waals surface area contributed by atoms with E-state index >= 15 is 0 Å². The molecule has 1 aliphatic heterocycles. The lowest BCUT2D eigenvalue weighted by Crippen LogP contribution is -2.32. The normalized spacial score (nSPS) is 19.8. The van der Waals surface area contributed by atoms with Crippen LogP contribution in [0.25, 0.3) is 33.6 Å². The molecule has 2 aliphatic rings. The van der Waals surface area contributed by atoms with E-state index in [0.29, 0.717) is 11.8 Å². The summed E-state index contributed by atoms with van der Waals surface area (Å²) in [5.41, 5.74) is 7.29. The molecule has 9 heteroatoms. The summed E-state index contributed by atoms with van der Waals surface area (Å²) in [6.07, 6.45) is 8.63. The number of benzene rings is 1. The first-order valence-electron chi connectivity index (χ1n) is 12.0. The smallest absolute Gasteiger partial charge is 0.163 e. The van der Waals surface area contributed by atoms with E-state index in [2.05, 4.69) is 65.6 Å². The Kier molecular flexibility index (Phi) is 4.29. The number of fused-ring (bicyclic) bond motifs is 2. The average Bonchev–Trinajstić information content (AvgIpc) is 3.22. The van der Waals surface area contributed by atoms with Crippen LogP contribution in [0.3, 0.4) is 0 Å². The van der Waals surface area contributed by atoms with Gasteiger partial charge in [0.25, 0.3) is 0 Å². The fourth-order valence-corrected chi connectivity index (χ4v) is 5.41. The van der Waals surface area contributed by atoms with Gasteiger partial charge in [0.15, 0.2) is 5.82 Å². The number of H-pyrrole nitrogens is 1. The van der Waals surface area contributed by atoms with Gasteiger partial charge in [0.1, 0.15) is 11.3 Å². The summed E-state index contributed by atoms with van der Waals surface area (Å²) in [5, 5.41) is 20.9. The molecule has 5 heterocycles. The zero-order chi connectivity index (χ0) is 22.8. The van der Waals surface area contributed by atoms with Crippen molar-refractivity contribution >= 4 is 22.2 Å². The average molecular weight is 454 g/mol. The van der Waals surface area contributed by atoms with Crippen molar-refractivity contribution in [2.45, 2.75) is 25.7 Å². The topological polar surface area (TPSA) is 91.7 Å². The van der Waals surface area contributed by atoms with Crippen molar-refractivity contribution in [1.29, 1.82) is 0 Å². The zero-order valence-corrected chi connectivity index (χ0v) is 19.4. The minimum atomic E-state index is 0.591. The molecule has 0 spiro atoms. The molecule has 2 fully saturated rings. The third kappa shape index (κ3) is 3.03. The van der Waals surface area contributed by atoms with Crippen LogP contribution in [-0.2, 0) is 0 Å². The number of aromatic nitrogens is 7. The monoisotopic (exact) mass is 453 g/mol. The molecule has 7 rings (SSSR count). The third-order valence-electron chi connectivity index (χ3n) is 7.44. The summed E-state index contributed by atoms with van der Waals surface area (Å²) in [7, 11) is 2.03. The van der Waals surface area contributed by atoms with Crippen LogP contribution in [-0.4, -0.2) is 61.3 Å². The van der Waals surface area contributed by atoms with Gasteiger partial charge in [-0.25, -0.2) is 9.67 Å². The van der Waals surface area contributed by atoms with Gasteiger partial charge in [-0.3, -0.25) is 9.50 Å². The first-order valence-corrected chi connectivity index (χ1v) is 12.0. The van der Waals surface area contributed by atoms with E-state index < -0.39 is 0 Å². The number of aromatic amines is 1. The van der Waals surface area contributed by atoms with E-state index in [-0.39, 0.29) is 0 Å². The predicted molar refractivity (Wildman–Crippen MR) is 132 cm³/mol. The number of hydrogen-bond acceptors (Lipinski definition) is 6. The first kappa shape index (κ1) is 19.7. The van der Waals surface area contributed by atoms with E-state index in [0.717, 1.165) is 59.0 Å². The van der Waals surface area contributed by atoms with Crippen LogP contribution >= 0.6 is 0 Å². The highest BCUT2D eigenvalue weighted by Gasteiger charge is 2.32. The van der Waals surface area contributed by atoms with Gasteiger partial charge in [-0.05, 0) is 69.0 Å². The molecular formula is C25H27N9. The molecule has 1 aromatic carbocycles. The summed E-state index contributed by atoms with van der Waals surface area (Å²) >= 11 is 0. The largest absolute Gasteiger partial charge is 0.368 e. The Bertz CT molecular complexity index is 1520. The molecule has 1 aliphatic carbocycles. The van der Waals surface area contributed by atoms with Gasteiger partial charge < -0.3 is 10.2 Å². The Hall–Kier alpha value is -3.72. The molecule has 9 nitrogen and oxygen atoms in total. The van der Waals surface area contributed by atoms with Crippen LogP contribution in [0.4, 0.5) is 5.69 Å². The highest BCUT2D eigenvalue weighted by Crippen LogP contribution is 2.42. The Morgan fingerprint density at radius 1 is 1.15 bits per heavy atom. The zero-order valence-electron chi connectivity index (χ0n) is 19.4. The molecule has 0 radical (unpaired) electrons. The summed E-state index contributed by atoms with van der Waals surface area (Å²) in [5.74, 6) is 2.22. The second-order valence-corrected chi connectivity index (χ2v) is 9.57. The van der Waals surface area contributed by atoms with Crippen LogP contribution in [0.1, 0.15) is 30.0 Å². The maximum atomic E-state index is 4.80. The molecule has 5 aromatic rings. The fraction of sp³-hybridized carbons (Fsp3) is 0.360. The molecule has 0 bridgehead atoms. The number of aryl methyl sites for hydroxylation is 1. The third-order valence-corrected chi connectivity index (χ3v) is 7.44. The summed E-state index contributed by atoms with van der Waals surface area (Å²) in [6, 6.07) is 8.71. The van der Waals surface area contributed by atoms with Gasteiger partial charge >= 0.3 is 0 Å². The molecule has 4 aromatic heterocycles. The van der Waals surface area contributed by atoms with Gasteiger partial charge in [0, 0.05) is 35.9 Å². The number of nitrogens with one attached hydrogen (secondary N) is 2. The van der Waals surface area contributed by atoms with Crippen LogP contribution in [0.2, 0.25) is 0 Å². The van der Waals surface area contributed by atoms with Crippen molar-refractivity contribution in [3.8, 4) is 17.1 Å². The number of pyridine rings is 1. The second kappa shape index (κ2) is 7.39. The highest BCUT2D eigenvalue weighted by molar-refractivity contribution is 5.96. The lowest BCUT2D eigenvalue weighted by molar-refractivity contribution is 0.250. The number of nitrogens with zero attached hydrogens (tertiary/aromatic N) is 7. The minimum Gasteiger partial charge on any atom is -0.368 e. The maximum absolute atomic E-state index is 4.80. The summed E-state index contributed by atoms with van der Waals surface area (Å²) in [6.45, 7) is 5.27. The van der Waals surface area contributed by atoms with E-state index in [1.807, 2.05) is 31.0 Å². The van der Waals surface area contributed by atoms with Gasteiger partial charge in [-0.15, -0.1) is 5.10 Å². The summed E-state index contributed by atoms with van der Waals surface area (Å²) in [4.78, 5) is 7.12. The van der Waals surface area contributed by atoms with E-state index in [1.54, 1.807) is 0 Å². The van der Waals surface area contributed by atoms with Crippen LogP contribution in [0.15, 0.2) is 42.9 Å². The predicted octanol–water partition coefficient (Wildman–Crippen LogP) is 3.30. The van der Waals surface area contributed by atoms with Crippen LogP contribution in [0, 0.1) is 12.8 Å². The molecule has 2 N–H and O–H groups in total. The Morgan fingerprint density at radius 3 is 2.85 bits per heavy atom. The van der Waals surface area contributed by atoms with Crippen molar-refractivity contribution in [2.75, 3.05) is 31.6 Å². The van der Waals surface area contributed by atoms with Crippen molar-refractivity contribution in [1.82, 2.24) is 39.9 Å². The summed E-state index contributed by atoms with van der Waals surface area (Å²) < 4.78 is 4.02. The van der Waals surface area contributed by atoms with Crippen molar-refractivity contribution in [2.24, 2.45) is 5.92 Å². The Morgan fingerprint density at radius 2 is 2.06 bits per heavy atom.